The molecule has 1 atom stereocenters. The molecule has 0 radical (unpaired) electrons. The number of rotatable bonds is 3. The maximum absolute atomic E-state index is 12.9. The summed E-state index contributed by atoms with van der Waals surface area (Å²) in [6.45, 7) is 1.29. The van der Waals surface area contributed by atoms with Crippen molar-refractivity contribution >= 4 is 11.0 Å². The number of aliphatic hydroxyl groups is 1. The van der Waals surface area contributed by atoms with E-state index in [4.69, 9.17) is 8.94 Å². The third kappa shape index (κ3) is 3.08. The standard InChI is InChI=1S/C19H13F3N2O3/c1-18(25,12-6-4-7-13(10-12)19(20,21)22)17-23-16(24-27-17)15-9-11-5-2-3-8-14(11)26-15/h2-10,25H,1H3. The molecule has 0 saturated carbocycles. The molecule has 0 aliphatic heterocycles. The van der Waals surface area contributed by atoms with E-state index in [-0.39, 0.29) is 17.3 Å². The zero-order chi connectivity index (χ0) is 19.2. The van der Waals surface area contributed by atoms with Gasteiger partial charge in [0.1, 0.15) is 5.58 Å². The Kier molecular flexibility index (Phi) is 3.81. The third-order valence-corrected chi connectivity index (χ3v) is 4.24. The van der Waals surface area contributed by atoms with Gasteiger partial charge in [-0.1, -0.05) is 35.5 Å². The van der Waals surface area contributed by atoms with Crippen molar-refractivity contribution in [2.45, 2.75) is 18.7 Å². The van der Waals surface area contributed by atoms with Crippen LogP contribution in [0.3, 0.4) is 0 Å². The second-order valence-corrected chi connectivity index (χ2v) is 6.22. The van der Waals surface area contributed by atoms with Crippen molar-refractivity contribution in [3.8, 4) is 11.6 Å². The Hall–Kier alpha value is -3.13. The maximum atomic E-state index is 12.9. The molecule has 2 aromatic heterocycles. The largest absolute Gasteiger partial charge is 0.453 e. The number of furan rings is 1. The number of hydrogen-bond acceptors (Lipinski definition) is 5. The molecule has 5 nitrogen and oxygen atoms in total. The second kappa shape index (κ2) is 5.95. The van der Waals surface area contributed by atoms with Crippen LogP contribution in [-0.2, 0) is 11.8 Å². The van der Waals surface area contributed by atoms with Crippen LogP contribution in [0, 0.1) is 0 Å². The van der Waals surface area contributed by atoms with Gasteiger partial charge in [-0.25, -0.2) is 0 Å². The van der Waals surface area contributed by atoms with Gasteiger partial charge in [0.25, 0.3) is 5.89 Å². The van der Waals surface area contributed by atoms with E-state index in [0.29, 0.717) is 11.3 Å². The van der Waals surface area contributed by atoms with Crippen LogP contribution in [0.1, 0.15) is 23.9 Å². The van der Waals surface area contributed by atoms with Gasteiger partial charge in [0, 0.05) is 5.39 Å². The number of aromatic nitrogens is 2. The Bertz CT molecular complexity index is 1080. The molecular weight excluding hydrogens is 361 g/mol. The van der Waals surface area contributed by atoms with Crippen molar-refractivity contribution < 1.29 is 27.2 Å². The highest BCUT2D eigenvalue weighted by atomic mass is 19.4. The topological polar surface area (TPSA) is 72.3 Å². The van der Waals surface area contributed by atoms with Crippen LogP contribution in [0.15, 0.2) is 63.5 Å². The highest BCUT2D eigenvalue weighted by Crippen LogP contribution is 2.35. The Morgan fingerprint density at radius 3 is 2.44 bits per heavy atom. The number of para-hydroxylation sites is 1. The second-order valence-electron chi connectivity index (χ2n) is 6.22. The lowest BCUT2D eigenvalue weighted by Gasteiger charge is -2.20. The lowest BCUT2D eigenvalue weighted by Crippen LogP contribution is -2.24. The Labute approximate surface area is 151 Å². The molecule has 0 aliphatic rings. The van der Waals surface area contributed by atoms with E-state index in [1.807, 2.05) is 18.2 Å². The number of fused-ring (bicyclic) bond motifs is 1. The highest BCUT2D eigenvalue weighted by molar-refractivity contribution is 5.81. The summed E-state index contributed by atoms with van der Waals surface area (Å²) in [5.74, 6) is 0.178. The van der Waals surface area contributed by atoms with Crippen molar-refractivity contribution in [3.63, 3.8) is 0 Å². The first-order valence-electron chi connectivity index (χ1n) is 7.98. The zero-order valence-electron chi connectivity index (χ0n) is 14.0. The lowest BCUT2D eigenvalue weighted by molar-refractivity contribution is -0.137. The average Bonchev–Trinajstić information content (AvgIpc) is 3.28. The molecule has 0 aliphatic carbocycles. The summed E-state index contributed by atoms with van der Waals surface area (Å²) in [6, 6.07) is 13.4. The van der Waals surface area contributed by atoms with E-state index in [9.17, 15) is 18.3 Å². The summed E-state index contributed by atoms with van der Waals surface area (Å²) in [4.78, 5) is 4.11. The molecule has 0 spiro atoms. The first kappa shape index (κ1) is 17.3. The molecule has 1 N–H and O–H groups in total. The quantitative estimate of drug-likeness (QED) is 0.560. The highest BCUT2D eigenvalue weighted by Gasteiger charge is 2.36. The Morgan fingerprint density at radius 1 is 0.963 bits per heavy atom. The van der Waals surface area contributed by atoms with E-state index < -0.39 is 17.3 Å². The third-order valence-electron chi connectivity index (χ3n) is 4.24. The van der Waals surface area contributed by atoms with Crippen LogP contribution >= 0.6 is 0 Å². The van der Waals surface area contributed by atoms with Crippen molar-refractivity contribution in [1.82, 2.24) is 10.1 Å². The van der Waals surface area contributed by atoms with E-state index in [0.717, 1.165) is 17.5 Å². The van der Waals surface area contributed by atoms with Crippen LogP contribution in [0.2, 0.25) is 0 Å². The molecule has 0 amide bonds. The summed E-state index contributed by atoms with van der Waals surface area (Å²) >= 11 is 0. The van der Waals surface area contributed by atoms with Crippen molar-refractivity contribution in [3.05, 3.63) is 71.6 Å². The average molecular weight is 374 g/mol. The summed E-state index contributed by atoms with van der Waals surface area (Å²) in [7, 11) is 0. The molecule has 2 heterocycles. The van der Waals surface area contributed by atoms with Crippen molar-refractivity contribution in [1.29, 1.82) is 0 Å². The monoisotopic (exact) mass is 374 g/mol. The van der Waals surface area contributed by atoms with Gasteiger partial charge < -0.3 is 14.0 Å². The first-order valence-corrected chi connectivity index (χ1v) is 7.98. The van der Waals surface area contributed by atoms with Crippen LogP contribution in [-0.4, -0.2) is 15.2 Å². The number of halogens is 3. The van der Waals surface area contributed by atoms with Crippen LogP contribution in [0.5, 0.6) is 0 Å². The predicted octanol–water partition coefficient (Wildman–Crippen LogP) is 4.76. The van der Waals surface area contributed by atoms with Crippen LogP contribution in [0.4, 0.5) is 13.2 Å². The summed E-state index contributed by atoms with van der Waals surface area (Å²) in [5.41, 5.74) is -2.17. The molecule has 4 aromatic rings. The van der Waals surface area contributed by atoms with Gasteiger partial charge in [0.05, 0.1) is 5.56 Å². The summed E-state index contributed by atoms with van der Waals surface area (Å²) in [6.07, 6.45) is -4.53. The minimum absolute atomic E-state index is 0.0165. The van der Waals surface area contributed by atoms with Crippen LogP contribution < -0.4 is 0 Å². The first-order chi connectivity index (χ1) is 12.7. The molecule has 4 rings (SSSR count). The molecular formula is C19H13F3N2O3. The van der Waals surface area contributed by atoms with Gasteiger partial charge >= 0.3 is 6.18 Å². The van der Waals surface area contributed by atoms with Gasteiger partial charge in [0.15, 0.2) is 11.4 Å². The van der Waals surface area contributed by atoms with Gasteiger partial charge in [-0.05, 0) is 36.8 Å². The van der Waals surface area contributed by atoms with Gasteiger partial charge in [-0.15, -0.1) is 0 Å². The molecule has 2 aromatic carbocycles. The van der Waals surface area contributed by atoms with Crippen molar-refractivity contribution in [2.75, 3.05) is 0 Å². The number of hydrogen-bond donors (Lipinski definition) is 1. The SMILES string of the molecule is CC(O)(c1cccc(C(F)(F)F)c1)c1nc(-c2cc3ccccc3o2)no1. The zero-order valence-corrected chi connectivity index (χ0v) is 14.0. The predicted molar refractivity (Wildman–Crippen MR) is 89.6 cm³/mol. The molecule has 27 heavy (non-hydrogen) atoms. The lowest BCUT2D eigenvalue weighted by atomic mass is 9.94. The number of alkyl halides is 3. The number of nitrogens with zero attached hydrogens (tertiary/aromatic N) is 2. The van der Waals surface area contributed by atoms with E-state index >= 15 is 0 Å². The van der Waals surface area contributed by atoms with E-state index in [1.165, 1.54) is 19.1 Å². The summed E-state index contributed by atoms with van der Waals surface area (Å²) < 4.78 is 49.6. The molecule has 0 saturated heterocycles. The molecule has 0 bridgehead atoms. The minimum atomic E-state index is -4.53. The van der Waals surface area contributed by atoms with E-state index in [2.05, 4.69) is 10.1 Å². The minimum Gasteiger partial charge on any atom is -0.453 e. The fraction of sp³-hybridized carbons (Fsp3) is 0.158. The van der Waals surface area contributed by atoms with Gasteiger partial charge in [-0.2, -0.15) is 18.2 Å². The van der Waals surface area contributed by atoms with Gasteiger partial charge in [-0.3, -0.25) is 0 Å². The van der Waals surface area contributed by atoms with Crippen LogP contribution in [0.25, 0.3) is 22.6 Å². The molecule has 8 heteroatoms. The molecule has 1 unspecified atom stereocenters. The van der Waals surface area contributed by atoms with E-state index in [1.54, 1.807) is 12.1 Å². The number of benzene rings is 2. The fourth-order valence-corrected chi connectivity index (χ4v) is 2.74. The molecule has 138 valence electrons. The normalized spacial score (nSPS) is 14.4. The van der Waals surface area contributed by atoms with Gasteiger partial charge in [0.2, 0.25) is 5.82 Å². The maximum Gasteiger partial charge on any atom is 0.416 e. The van der Waals surface area contributed by atoms with Crippen molar-refractivity contribution in [2.24, 2.45) is 0 Å². The Morgan fingerprint density at radius 2 is 1.70 bits per heavy atom. The smallest absolute Gasteiger partial charge is 0.416 e. The molecule has 0 fully saturated rings. The summed E-state index contributed by atoms with van der Waals surface area (Å²) in [5, 5.41) is 15.4. The fourth-order valence-electron chi connectivity index (χ4n) is 2.74. The Balaban J connectivity index is 1.71.